The molecule has 1 aliphatic rings. The van der Waals surface area contributed by atoms with E-state index in [1.165, 1.54) is 0 Å². The average Bonchev–Trinajstić information content (AvgIpc) is 2.67. The third-order valence-electron chi connectivity index (χ3n) is 4.31. The van der Waals surface area contributed by atoms with Crippen molar-refractivity contribution in [3.63, 3.8) is 0 Å². The van der Waals surface area contributed by atoms with Gasteiger partial charge in [0.1, 0.15) is 11.4 Å². The van der Waals surface area contributed by atoms with E-state index in [9.17, 15) is 0 Å². The van der Waals surface area contributed by atoms with Crippen molar-refractivity contribution in [3.8, 4) is 28.5 Å². The molecule has 126 valence electrons. The lowest BCUT2D eigenvalue weighted by molar-refractivity contribution is 0.107. The van der Waals surface area contributed by atoms with E-state index >= 15 is 0 Å². The molecule has 0 amide bonds. The van der Waals surface area contributed by atoms with Crippen LogP contribution in [0, 0.1) is 6.92 Å². The molecular formula is C20H19N3O2. The number of aryl methyl sites for hydroxylation is 1. The Morgan fingerprint density at radius 3 is 2.72 bits per heavy atom. The fraction of sp³-hybridized carbons (Fsp3) is 0.250. The highest BCUT2D eigenvalue weighted by Crippen LogP contribution is 2.34. The van der Waals surface area contributed by atoms with Gasteiger partial charge >= 0.3 is 0 Å². The monoisotopic (exact) mass is 333 g/mol. The molecule has 3 aromatic rings. The van der Waals surface area contributed by atoms with Crippen molar-refractivity contribution in [2.45, 2.75) is 20.0 Å². The quantitative estimate of drug-likeness (QED) is 0.733. The first-order valence-electron chi connectivity index (χ1n) is 8.31. The minimum atomic E-state index is 0.499. The van der Waals surface area contributed by atoms with Crippen LogP contribution in [0.25, 0.3) is 22.8 Å². The number of rotatable bonds is 3. The Morgan fingerprint density at radius 2 is 1.88 bits per heavy atom. The molecule has 0 radical (unpaired) electrons. The van der Waals surface area contributed by atoms with E-state index in [1.54, 1.807) is 7.11 Å². The molecule has 5 nitrogen and oxygen atoms in total. The standard InChI is InChI=1S/C20H19N3O2/c1-13-6-5-8-16(21-13)20-22-17-12-25-11-10-14(17)19(23-20)15-7-3-4-9-18(15)24-2/h3-9H,10-12H2,1-2H3. The molecule has 0 aliphatic carbocycles. The van der Waals surface area contributed by atoms with Crippen molar-refractivity contribution < 1.29 is 9.47 Å². The van der Waals surface area contributed by atoms with Gasteiger partial charge in [0, 0.05) is 16.8 Å². The smallest absolute Gasteiger partial charge is 0.179 e. The molecule has 4 rings (SSSR count). The Labute approximate surface area is 146 Å². The summed E-state index contributed by atoms with van der Waals surface area (Å²) in [6.45, 7) is 3.14. The molecule has 0 atom stereocenters. The van der Waals surface area contributed by atoms with Crippen LogP contribution in [0.2, 0.25) is 0 Å². The van der Waals surface area contributed by atoms with Gasteiger partial charge in [0.15, 0.2) is 5.82 Å². The van der Waals surface area contributed by atoms with Gasteiger partial charge in [-0.15, -0.1) is 0 Å². The molecule has 0 N–H and O–H groups in total. The maximum absolute atomic E-state index is 5.62. The Bertz CT molecular complexity index is 925. The van der Waals surface area contributed by atoms with E-state index in [0.717, 1.165) is 46.1 Å². The summed E-state index contributed by atoms with van der Waals surface area (Å²) in [7, 11) is 1.68. The van der Waals surface area contributed by atoms with Crippen LogP contribution in [0.3, 0.4) is 0 Å². The minimum absolute atomic E-state index is 0.499. The molecule has 3 heterocycles. The number of pyridine rings is 1. The highest BCUT2D eigenvalue weighted by Gasteiger charge is 2.22. The number of methoxy groups -OCH3 is 1. The van der Waals surface area contributed by atoms with E-state index in [4.69, 9.17) is 19.4 Å². The number of fused-ring (bicyclic) bond motifs is 1. The second kappa shape index (κ2) is 6.61. The number of hydrogen-bond donors (Lipinski definition) is 0. The van der Waals surface area contributed by atoms with Crippen LogP contribution >= 0.6 is 0 Å². The van der Waals surface area contributed by atoms with Crippen LogP contribution < -0.4 is 4.74 Å². The van der Waals surface area contributed by atoms with Crippen LogP contribution in [0.4, 0.5) is 0 Å². The summed E-state index contributed by atoms with van der Waals surface area (Å²) < 4.78 is 11.2. The van der Waals surface area contributed by atoms with Crippen molar-refractivity contribution in [2.24, 2.45) is 0 Å². The summed E-state index contributed by atoms with van der Waals surface area (Å²) in [4.78, 5) is 14.2. The number of para-hydroxylation sites is 1. The molecule has 2 aromatic heterocycles. The Hall–Kier alpha value is -2.79. The third kappa shape index (κ3) is 2.98. The second-order valence-electron chi connectivity index (χ2n) is 5.99. The van der Waals surface area contributed by atoms with E-state index in [0.29, 0.717) is 19.0 Å². The van der Waals surface area contributed by atoms with Crippen LogP contribution in [-0.2, 0) is 17.8 Å². The number of benzene rings is 1. The Kier molecular flexibility index (Phi) is 4.15. The lowest BCUT2D eigenvalue weighted by atomic mass is 9.99. The van der Waals surface area contributed by atoms with Crippen LogP contribution in [0.1, 0.15) is 17.0 Å². The lowest BCUT2D eigenvalue weighted by Crippen LogP contribution is -2.15. The first kappa shape index (κ1) is 15.7. The second-order valence-corrected chi connectivity index (χ2v) is 5.99. The molecule has 0 fully saturated rings. The molecular weight excluding hydrogens is 314 g/mol. The number of nitrogens with zero attached hydrogens (tertiary/aromatic N) is 3. The predicted molar refractivity (Wildman–Crippen MR) is 95.3 cm³/mol. The molecule has 0 saturated heterocycles. The maximum atomic E-state index is 5.62. The van der Waals surface area contributed by atoms with Crippen molar-refractivity contribution in [1.82, 2.24) is 15.0 Å². The molecule has 5 heteroatoms. The molecule has 0 bridgehead atoms. The van der Waals surface area contributed by atoms with Crippen molar-refractivity contribution in [1.29, 1.82) is 0 Å². The summed E-state index contributed by atoms with van der Waals surface area (Å²) in [6, 6.07) is 13.8. The molecule has 0 saturated carbocycles. The maximum Gasteiger partial charge on any atom is 0.179 e. The normalized spacial score (nSPS) is 13.4. The minimum Gasteiger partial charge on any atom is -0.496 e. The first-order chi connectivity index (χ1) is 12.3. The van der Waals surface area contributed by atoms with Gasteiger partial charge < -0.3 is 9.47 Å². The van der Waals surface area contributed by atoms with Crippen molar-refractivity contribution in [3.05, 3.63) is 59.4 Å². The summed E-state index contributed by atoms with van der Waals surface area (Å²) in [5.41, 5.74) is 5.65. The van der Waals surface area contributed by atoms with Crippen molar-refractivity contribution >= 4 is 0 Å². The van der Waals surface area contributed by atoms with E-state index < -0.39 is 0 Å². The average molecular weight is 333 g/mol. The van der Waals surface area contributed by atoms with Crippen molar-refractivity contribution in [2.75, 3.05) is 13.7 Å². The van der Waals surface area contributed by atoms with E-state index in [1.807, 2.05) is 49.4 Å². The highest BCUT2D eigenvalue weighted by atomic mass is 16.5. The summed E-state index contributed by atoms with van der Waals surface area (Å²) in [6.07, 6.45) is 0.796. The van der Waals surface area contributed by atoms with E-state index in [2.05, 4.69) is 4.98 Å². The number of ether oxygens (including phenoxy) is 2. The zero-order chi connectivity index (χ0) is 17.2. The summed E-state index contributed by atoms with van der Waals surface area (Å²) >= 11 is 0. The zero-order valence-electron chi connectivity index (χ0n) is 14.3. The van der Waals surface area contributed by atoms with Gasteiger partial charge in [0.2, 0.25) is 0 Å². The van der Waals surface area contributed by atoms with Gasteiger partial charge in [-0.2, -0.15) is 0 Å². The van der Waals surface area contributed by atoms with Gasteiger partial charge in [0.05, 0.1) is 31.7 Å². The van der Waals surface area contributed by atoms with Crippen LogP contribution in [0.15, 0.2) is 42.5 Å². The van der Waals surface area contributed by atoms with Crippen LogP contribution in [0.5, 0.6) is 5.75 Å². The lowest BCUT2D eigenvalue weighted by Gasteiger charge is -2.20. The highest BCUT2D eigenvalue weighted by molar-refractivity contribution is 5.72. The van der Waals surface area contributed by atoms with Gasteiger partial charge in [0.25, 0.3) is 0 Å². The predicted octanol–water partition coefficient (Wildman–Crippen LogP) is 3.60. The first-order valence-corrected chi connectivity index (χ1v) is 8.31. The summed E-state index contributed by atoms with van der Waals surface area (Å²) in [5, 5.41) is 0. The third-order valence-corrected chi connectivity index (χ3v) is 4.31. The molecule has 0 spiro atoms. The SMILES string of the molecule is COc1ccccc1-c1nc(-c2cccc(C)n2)nc2c1CCOC2. The van der Waals surface area contributed by atoms with Gasteiger partial charge in [-0.05, 0) is 37.6 Å². The molecule has 1 aromatic carbocycles. The fourth-order valence-electron chi connectivity index (χ4n) is 3.10. The topological polar surface area (TPSA) is 57.1 Å². The molecule has 0 unspecified atom stereocenters. The molecule has 1 aliphatic heterocycles. The fourth-order valence-corrected chi connectivity index (χ4v) is 3.10. The van der Waals surface area contributed by atoms with Gasteiger partial charge in [-0.3, -0.25) is 0 Å². The largest absolute Gasteiger partial charge is 0.496 e. The van der Waals surface area contributed by atoms with Gasteiger partial charge in [-0.25, -0.2) is 15.0 Å². The van der Waals surface area contributed by atoms with Crippen LogP contribution in [-0.4, -0.2) is 28.7 Å². The molecule has 25 heavy (non-hydrogen) atoms. The number of aromatic nitrogens is 3. The Morgan fingerprint density at radius 1 is 1.00 bits per heavy atom. The number of hydrogen-bond acceptors (Lipinski definition) is 5. The zero-order valence-corrected chi connectivity index (χ0v) is 14.3. The Balaban J connectivity index is 1.95. The van der Waals surface area contributed by atoms with E-state index in [-0.39, 0.29) is 0 Å². The van der Waals surface area contributed by atoms with Gasteiger partial charge in [-0.1, -0.05) is 18.2 Å². The summed E-state index contributed by atoms with van der Waals surface area (Å²) in [5.74, 6) is 1.42.